The van der Waals surface area contributed by atoms with E-state index in [0.717, 1.165) is 0 Å². The zero-order valence-electron chi connectivity index (χ0n) is 11.0. The molecule has 0 saturated heterocycles. The van der Waals surface area contributed by atoms with Gasteiger partial charge in [0.05, 0.1) is 16.3 Å². The molecule has 2 aromatic carbocycles. The molecule has 21 heavy (non-hydrogen) atoms. The number of benzene rings is 2. The number of hydrogen-bond acceptors (Lipinski definition) is 4. The molecule has 0 unspecified atom stereocenters. The minimum atomic E-state index is -0.474. The number of nitro benzene ring substituents is 1. The van der Waals surface area contributed by atoms with Crippen molar-refractivity contribution in [2.75, 3.05) is 11.1 Å². The minimum absolute atomic E-state index is 0.00802. The Hall–Kier alpha value is -3.15. The first-order chi connectivity index (χ1) is 10.1. The molecule has 0 saturated carbocycles. The summed E-state index contributed by atoms with van der Waals surface area (Å²) in [4.78, 5) is 21.8. The molecule has 0 aromatic heterocycles. The summed E-state index contributed by atoms with van der Waals surface area (Å²) >= 11 is 0. The second-order valence-corrected chi connectivity index (χ2v) is 4.26. The summed E-state index contributed by atoms with van der Waals surface area (Å²) in [5, 5.41) is 13.2. The average Bonchev–Trinajstić information content (AvgIpc) is 2.48. The number of hydrogen-bond donors (Lipinski definition) is 2. The van der Waals surface area contributed by atoms with Crippen LogP contribution in [0.15, 0.2) is 54.6 Å². The number of carbonyl (C=O) groups is 1. The van der Waals surface area contributed by atoms with E-state index in [1.54, 1.807) is 42.5 Å². The normalized spacial score (nSPS) is 10.5. The standard InChI is InChI=1S/C15H13N3O3/c16-13-3-1-2-4-14(13)17-15(19)10-7-11-5-8-12(9-6-11)18(20)21/h1-10H,16H2,(H,17,19)/b10-7+. The first-order valence-corrected chi connectivity index (χ1v) is 6.14. The number of carbonyl (C=O) groups excluding carboxylic acids is 1. The fraction of sp³-hybridized carbons (Fsp3) is 0. The van der Waals surface area contributed by atoms with E-state index in [1.165, 1.54) is 18.2 Å². The summed E-state index contributed by atoms with van der Waals surface area (Å²) in [7, 11) is 0. The van der Waals surface area contributed by atoms with Gasteiger partial charge in [-0.1, -0.05) is 12.1 Å². The summed E-state index contributed by atoms with van der Waals surface area (Å²) in [5.41, 5.74) is 7.44. The van der Waals surface area contributed by atoms with Crippen LogP contribution in [0.5, 0.6) is 0 Å². The van der Waals surface area contributed by atoms with Crippen molar-refractivity contribution in [3.05, 3.63) is 70.3 Å². The maximum atomic E-state index is 11.8. The van der Waals surface area contributed by atoms with Gasteiger partial charge in [-0.15, -0.1) is 0 Å². The predicted octanol–water partition coefficient (Wildman–Crippen LogP) is 2.83. The summed E-state index contributed by atoms with van der Waals surface area (Å²) in [5.74, 6) is -0.328. The van der Waals surface area contributed by atoms with Crippen LogP contribution >= 0.6 is 0 Å². The third-order valence-electron chi connectivity index (χ3n) is 2.75. The van der Waals surface area contributed by atoms with Gasteiger partial charge in [0.1, 0.15) is 0 Å². The van der Waals surface area contributed by atoms with Gasteiger partial charge in [-0.05, 0) is 35.9 Å². The number of nitrogens with zero attached hydrogens (tertiary/aromatic N) is 1. The molecule has 0 heterocycles. The Bertz CT molecular complexity index is 694. The molecule has 0 spiro atoms. The van der Waals surface area contributed by atoms with Crippen molar-refractivity contribution in [3.63, 3.8) is 0 Å². The Labute approximate surface area is 121 Å². The van der Waals surface area contributed by atoms with Crippen molar-refractivity contribution in [1.82, 2.24) is 0 Å². The van der Waals surface area contributed by atoms with Gasteiger partial charge in [0, 0.05) is 18.2 Å². The minimum Gasteiger partial charge on any atom is -0.397 e. The molecule has 2 rings (SSSR count). The molecular formula is C15H13N3O3. The summed E-state index contributed by atoms with van der Waals surface area (Å²) in [6.45, 7) is 0. The van der Waals surface area contributed by atoms with Crippen LogP contribution in [-0.4, -0.2) is 10.8 Å². The smallest absolute Gasteiger partial charge is 0.269 e. The highest BCUT2D eigenvalue weighted by molar-refractivity contribution is 6.03. The molecule has 0 radical (unpaired) electrons. The van der Waals surface area contributed by atoms with E-state index in [1.807, 2.05) is 0 Å². The summed E-state index contributed by atoms with van der Waals surface area (Å²) in [6.07, 6.45) is 2.91. The lowest BCUT2D eigenvalue weighted by molar-refractivity contribution is -0.384. The third-order valence-corrected chi connectivity index (χ3v) is 2.75. The number of para-hydroxylation sites is 2. The van der Waals surface area contributed by atoms with Crippen molar-refractivity contribution >= 4 is 29.0 Å². The van der Waals surface area contributed by atoms with E-state index >= 15 is 0 Å². The number of nitrogens with two attached hydrogens (primary N) is 1. The van der Waals surface area contributed by atoms with Crippen LogP contribution in [-0.2, 0) is 4.79 Å². The number of non-ortho nitro benzene ring substituents is 1. The number of nitrogen functional groups attached to an aromatic ring is 1. The Morgan fingerprint density at radius 2 is 1.81 bits per heavy atom. The molecule has 0 aliphatic carbocycles. The highest BCUT2D eigenvalue weighted by Crippen LogP contribution is 2.17. The van der Waals surface area contributed by atoms with Crippen molar-refractivity contribution in [2.45, 2.75) is 0 Å². The number of nitro groups is 1. The maximum Gasteiger partial charge on any atom is 0.269 e. The quantitative estimate of drug-likeness (QED) is 0.390. The van der Waals surface area contributed by atoms with Gasteiger partial charge >= 0.3 is 0 Å². The number of nitrogens with one attached hydrogen (secondary N) is 1. The van der Waals surface area contributed by atoms with Gasteiger partial charge in [0.15, 0.2) is 0 Å². The Morgan fingerprint density at radius 1 is 1.14 bits per heavy atom. The average molecular weight is 283 g/mol. The lowest BCUT2D eigenvalue weighted by Crippen LogP contribution is -2.09. The fourth-order valence-corrected chi connectivity index (χ4v) is 1.66. The van der Waals surface area contributed by atoms with Crippen molar-refractivity contribution in [1.29, 1.82) is 0 Å². The Balaban J connectivity index is 2.02. The Kier molecular flexibility index (Phi) is 4.30. The van der Waals surface area contributed by atoms with Crippen LogP contribution in [0, 0.1) is 10.1 Å². The largest absolute Gasteiger partial charge is 0.397 e. The first-order valence-electron chi connectivity index (χ1n) is 6.14. The predicted molar refractivity (Wildman–Crippen MR) is 81.6 cm³/mol. The van der Waals surface area contributed by atoms with Crippen LogP contribution in [0.1, 0.15) is 5.56 Å². The second kappa shape index (κ2) is 6.33. The maximum absolute atomic E-state index is 11.8. The molecule has 6 nitrogen and oxygen atoms in total. The first kappa shape index (κ1) is 14.3. The van der Waals surface area contributed by atoms with Gasteiger partial charge in [0.25, 0.3) is 5.69 Å². The SMILES string of the molecule is Nc1ccccc1NC(=O)/C=C/c1ccc([N+](=O)[O-])cc1. The molecule has 2 aromatic rings. The zero-order chi connectivity index (χ0) is 15.2. The molecule has 0 bridgehead atoms. The number of amides is 1. The summed E-state index contributed by atoms with van der Waals surface area (Å²) in [6, 6.07) is 12.8. The number of anilines is 2. The lowest BCUT2D eigenvalue weighted by atomic mass is 10.2. The molecule has 106 valence electrons. The van der Waals surface area contributed by atoms with Gasteiger partial charge < -0.3 is 11.1 Å². The van der Waals surface area contributed by atoms with Gasteiger partial charge in [-0.25, -0.2) is 0 Å². The molecule has 0 atom stereocenters. The van der Waals surface area contributed by atoms with E-state index in [9.17, 15) is 14.9 Å². The highest BCUT2D eigenvalue weighted by atomic mass is 16.6. The van der Waals surface area contributed by atoms with Crippen molar-refractivity contribution < 1.29 is 9.72 Å². The second-order valence-electron chi connectivity index (χ2n) is 4.26. The van der Waals surface area contributed by atoms with Crippen LogP contribution in [0.3, 0.4) is 0 Å². The molecule has 3 N–H and O–H groups in total. The van der Waals surface area contributed by atoms with Gasteiger partial charge in [0.2, 0.25) is 5.91 Å². The molecule has 6 heteroatoms. The molecule has 1 amide bonds. The molecule has 0 aliphatic rings. The number of rotatable bonds is 4. The van der Waals surface area contributed by atoms with Crippen LogP contribution in [0.25, 0.3) is 6.08 Å². The zero-order valence-corrected chi connectivity index (χ0v) is 11.0. The molecule has 0 fully saturated rings. The van der Waals surface area contributed by atoms with Crippen molar-refractivity contribution in [2.24, 2.45) is 0 Å². The van der Waals surface area contributed by atoms with Gasteiger partial charge in [-0.2, -0.15) is 0 Å². The van der Waals surface area contributed by atoms with E-state index in [4.69, 9.17) is 5.73 Å². The fourth-order valence-electron chi connectivity index (χ4n) is 1.66. The topological polar surface area (TPSA) is 98.3 Å². The van der Waals surface area contributed by atoms with Crippen molar-refractivity contribution in [3.8, 4) is 0 Å². The molecular weight excluding hydrogens is 270 g/mol. The monoisotopic (exact) mass is 283 g/mol. The third kappa shape index (κ3) is 3.90. The summed E-state index contributed by atoms with van der Waals surface area (Å²) < 4.78 is 0. The Morgan fingerprint density at radius 3 is 2.43 bits per heavy atom. The molecule has 0 aliphatic heterocycles. The van der Waals surface area contributed by atoms with E-state index in [-0.39, 0.29) is 11.6 Å². The van der Waals surface area contributed by atoms with E-state index in [2.05, 4.69) is 5.32 Å². The van der Waals surface area contributed by atoms with E-state index in [0.29, 0.717) is 16.9 Å². The lowest BCUT2D eigenvalue weighted by Gasteiger charge is -2.04. The van der Waals surface area contributed by atoms with E-state index < -0.39 is 4.92 Å². The van der Waals surface area contributed by atoms with Gasteiger partial charge in [-0.3, -0.25) is 14.9 Å². The van der Waals surface area contributed by atoms with Crippen LogP contribution in [0.2, 0.25) is 0 Å². The highest BCUT2D eigenvalue weighted by Gasteiger charge is 2.03. The van der Waals surface area contributed by atoms with Crippen LogP contribution in [0.4, 0.5) is 17.1 Å². The van der Waals surface area contributed by atoms with Crippen LogP contribution < -0.4 is 11.1 Å².